The third-order valence-corrected chi connectivity index (χ3v) is 22.2. The van der Waals surface area contributed by atoms with Crippen molar-refractivity contribution in [1.82, 2.24) is 0 Å². The van der Waals surface area contributed by atoms with Gasteiger partial charge in [-0.05, 0) is 31.6 Å². The standard InChI is InChI=1S/C86H168O17P2/c1-6-9-12-15-18-21-23-25-27-29-30-31-32-33-35-37-43-47-52-57-62-67-72-86(91)103-82(76-97-84(89)70-65-60-55-50-45-41-39-38-40-44-49-53-58-63-68-79(4)5)78-101-105(94,95)99-74-80(87)73-98-104(92,93)100-77-81(75-96-83(88)69-64-59-54-48-20-17-14-11-8-3)102-85(90)71-66-61-56-51-46-42-36-34-28-26-24-22-19-16-13-10-7-2/h79-82,87H,6-78H2,1-5H3,(H,92,93)(H,94,95)/t80-,81+,82+/m0/s1. The summed E-state index contributed by atoms with van der Waals surface area (Å²) in [6.07, 6.45) is 72.3. The average Bonchev–Trinajstić information content (AvgIpc) is 0.917. The zero-order valence-electron chi connectivity index (χ0n) is 68.9. The first-order valence-corrected chi connectivity index (χ1v) is 47.6. The third kappa shape index (κ3) is 79.9. The molecule has 0 aliphatic rings. The van der Waals surface area contributed by atoms with Crippen molar-refractivity contribution in [2.45, 2.75) is 483 Å². The van der Waals surface area contributed by atoms with E-state index in [1.165, 1.54) is 289 Å². The van der Waals surface area contributed by atoms with Crippen LogP contribution in [0.15, 0.2) is 0 Å². The Morgan fingerprint density at radius 1 is 0.257 bits per heavy atom. The molecule has 17 nitrogen and oxygen atoms in total. The van der Waals surface area contributed by atoms with Crippen molar-refractivity contribution < 1.29 is 80.2 Å². The monoisotopic (exact) mass is 1540 g/mol. The summed E-state index contributed by atoms with van der Waals surface area (Å²) < 4.78 is 68.8. The van der Waals surface area contributed by atoms with Gasteiger partial charge in [-0.25, -0.2) is 9.13 Å². The van der Waals surface area contributed by atoms with Gasteiger partial charge in [0.15, 0.2) is 12.2 Å². The highest BCUT2D eigenvalue weighted by atomic mass is 31.2. The van der Waals surface area contributed by atoms with Crippen molar-refractivity contribution in [1.29, 1.82) is 0 Å². The lowest BCUT2D eigenvalue weighted by molar-refractivity contribution is -0.161. The molecule has 0 spiro atoms. The fourth-order valence-electron chi connectivity index (χ4n) is 13.5. The van der Waals surface area contributed by atoms with Gasteiger partial charge in [0.2, 0.25) is 0 Å². The number of esters is 4. The summed E-state index contributed by atoms with van der Waals surface area (Å²) in [6.45, 7) is 7.37. The third-order valence-electron chi connectivity index (χ3n) is 20.3. The van der Waals surface area contributed by atoms with Crippen LogP contribution in [-0.2, 0) is 65.4 Å². The molecule has 624 valence electrons. The smallest absolute Gasteiger partial charge is 0.462 e. The van der Waals surface area contributed by atoms with E-state index in [0.717, 1.165) is 95.8 Å². The number of unbranched alkanes of at least 4 members (excludes halogenated alkanes) is 58. The lowest BCUT2D eigenvalue weighted by atomic mass is 10.0. The van der Waals surface area contributed by atoms with Gasteiger partial charge < -0.3 is 33.8 Å². The maximum absolute atomic E-state index is 13.1. The number of aliphatic hydroxyl groups excluding tert-OH is 1. The summed E-state index contributed by atoms with van der Waals surface area (Å²) in [4.78, 5) is 73.2. The molecule has 0 aliphatic heterocycles. The van der Waals surface area contributed by atoms with E-state index in [-0.39, 0.29) is 25.7 Å². The number of aliphatic hydroxyl groups is 1. The van der Waals surface area contributed by atoms with Crippen LogP contribution >= 0.6 is 15.6 Å². The first-order valence-electron chi connectivity index (χ1n) is 44.6. The topological polar surface area (TPSA) is 237 Å². The highest BCUT2D eigenvalue weighted by molar-refractivity contribution is 7.47. The Bertz CT molecular complexity index is 2000. The summed E-state index contributed by atoms with van der Waals surface area (Å²) in [5.41, 5.74) is 0. The van der Waals surface area contributed by atoms with Gasteiger partial charge in [0, 0.05) is 25.7 Å². The van der Waals surface area contributed by atoms with Gasteiger partial charge in [-0.15, -0.1) is 0 Å². The number of ether oxygens (including phenoxy) is 4. The Morgan fingerprint density at radius 2 is 0.438 bits per heavy atom. The second kappa shape index (κ2) is 78.7. The molecule has 0 aromatic carbocycles. The molecule has 0 bridgehead atoms. The van der Waals surface area contributed by atoms with Crippen molar-refractivity contribution >= 4 is 39.5 Å². The van der Waals surface area contributed by atoms with E-state index >= 15 is 0 Å². The minimum atomic E-state index is -4.96. The Balaban J connectivity index is 5.20. The molecule has 0 fully saturated rings. The summed E-state index contributed by atoms with van der Waals surface area (Å²) in [5.74, 6) is -1.30. The van der Waals surface area contributed by atoms with E-state index in [4.69, 9.17) is 37.0 Å². The van der Waals surface area contributed by atoms with Crippen LogP contribution in [0.2, 0.25) is 0 Å². The number of phosphoric acid groups is 2. The van der Waals surface area contributed by atoms with E-state index in [1.54, 1.807) is 0 Å². The molecule has 5 atom stereocenters. The summed E-state index contributed by atoms with van der Waals surface area (Å²) >= 11 is 0. The van der Waals surface area contributed by atoms with Crippen LogP contribution in [0.5, 0.6) is 0 Å². The Morgan fingerprint density at radius 3 is 0.648 bits per heavy atom. The molecular weight excluding hydrogens is 1370 g/mol. The molecule has 0 saturated heterocycles. The van der Waals surface area contributed by atoms with E-state index in [1.807, 2.05) is 0 Å². The van der Waals surface area contributed by atoms with Crippen LogP contribution < -0.4 is 0 Å². The van der Waals surface area contributed by atoms with Crippen LogP contribution in [0, 0.1) is 5.92 Å². The Kier molecular flexibility index (Phi) is 77.3. The number of carbonyl (C=O) groups excluding carboxylic acids is 4. The molecular formula is C86H168O17P2. The summed E-state index contributed by atoms with van der Waals surface area (Å²) in [7, 11) is -9.92. The predicted octanol–water partition coefficient (Wildman–Crippen LogP) is 26.4. The van der Waals surface area contributed by atoms with Crippen LogP contribution in [0.1, 0.15) is 465 Å². The Labute approximate surface area is 645 Å². The van der Waals surface area contributed by atoms with Crippen molar-refractivity contribution in [2.75, 3.05) is 39.6 Å². The number of rotatable bonds is 86. The van der Waals surface area contributed by atoms with E-state index in [0.29, 0.717) is 25.7 Å². The van der Waals surface area contributed by atoms with E-state index in [9.17, 15) is 43.2 Å². The maximum Gasteiger partial charge on any atom is 0.472 e. The zero-order valence-corrected chi connectivity index (χ0v) is 70.7. The first-order chi connectivity index (χ1) is 51.0. The minimum absolute atomic E-state index is 0.109. The number of hydrogen-bond donors (Lipinski definition) is 3. The number of carbonyl (C=O) groups is 4. The van der Waals surface area contributed by atoms with Gasteiger partial charge in [-0.1, -0.05) is 413 Å². The normalized spacial score (nSPS) is 13.8. The second-order valence-corrected chi connectivity index (χ2v) is 34.3. The molecule has 0 rings (SSSR count). The van der Waals surface area contributed by atoms with Crippen molar-refractivity contribution in [3.8, 4) is 0 Å². The highest BCUT2D eigenvalue weighted by Crippen LogP contribution is 2.45. The van der Waals surface area contributed by atoms with Gasteiger partial charge in [0.1, 0.15) is 19.3 Å². The number of phosphoric ester groups is 2. The van der Waals surface area contributed by atoms with Crippen LogP contribution in [0.4, 0.5) is 0 Å². The quantitative estimate of drug-likeness (QED) is 0.0222. The average molecular weight is 1540 g/mol. The molecule has 0 radical (unpaired) electrons. The fourth-order valence-corrected chi connectivity index (χ4v) is 15.1. The molecule has 105 heavy (non-hydrogen) atoms. The largest absolute Gasteiger partial charge is 0.472 e. The van der Waals surface area contributed by atoms with E-state index in [2.05, 4.69) is 34.6 Å². The zero-order chi connectivity index (χ0) is 76.9. The van der Waals surface area contributed by atoms with Gasteiger partial charge >= 0.3 is 39.5 Å². The fraction of sp³-hybridized carbons (Fsp3) is 0.953. The molecule has 0 amide bonds. The van der Waals surface area contributed by atoms with E-state index < -0.39 is 97.5 Å². The van der Waals surface area contributed by atoms with Gasteiger partial charge in [-0.3, -0.25) is 37.3 Å². The molecule has 0 aliphatic carbocycles. The molecule has 0 saturated carbocycles. The van der Waals surface area contributed by atoms with Gasteiger partial charge in [0.25, 0.3) is 0 Å². The van der Waals surface area contributed by atoms with Crippen LogP contribution in [0.25, 0.3) is 0 Å². The van der Waals surface area contributed by atoms with Crippen molar-refractivity contribution in [3.63, 3.8) is 0 Å². The van der Waals surface area contributed by atoms with Gasteiger partial charge in [0.05, 0.1) is 26.4 Å². The second-order valence-electron chi connectivity index (χ2n) is 31.4. The summed E-state index contributed by atoms with van der Waals surface area (Å²) in [5, 5.41) is 10.7. The summed E-state index contributed by atoms with van der Waals surface area (Å²) in [6, 6.07) is 0. The Hall–Kier alpha value is -1.94. The van der Waals surface area contributed by atoms with Crippen LogP contribution in [-0.4, -0.2) is 96.7 Å². The highest BCUT2D eigenvalue weighted by Gasteiger charge is 2.30. The molecule has 0 aromatic heterocycles. The lowest BCUT2D eigenvalue weighted by Crippen LogP contribution is -2.30. The molecule has 3 N–H and O–H groups in total. The molecule has 0 heterocycles. The first kappa shape index (κ1) is 103. The van der Waals surface area contributed by atoms with Gasteiger partial charge in [-0.2, -0.15) is 0 Å². The van der Waals surface area contributed by atoms with Crippen molar-refractivity contribution in [3.05, 3.63) is 0 Å². The predicted molar refractivity (Wildman–Crippen MR) is 432 cm³/mol. The molecule has 2 unspecified atom stereocenters. The maximum atomic E-state index is 13.1. The SMILES string of the molecule is CCCCCCCCCCCCCCCCCCCCCCCCC(=O)O[C@H](COC(=O)CCCCCCCCCCCCCCCCC(C)C)COP(=O)(O)OC[C@@H](O)COP(=O)(O)OC[C@@H](COC(=O)CCCCCCCCCCC)OC(=O)CCCCCCCCCCCCCCCCCCC. The number of hydrogen-bond acceptors (Lipinski definition) is 15. The lowest BCUT2D eigenvalue weighted by Gasteiger charge is -2.21. The van der Waals surface area contributed by atoms with Crippen LogP contribution in [0.3, 0.4) is 0 Å². The minimum Gasteiger partial charge on any atom is -0.462 e. The van der Waals surface area contributed by atoms with Crippen molar-refractivity contribution in [2.24, 2.45) is 5.92 Å². The molecule has 0 aromatic rings. The molecule has 19 heteroatoms.